The lowest BCUT2D eigenvalue weighted by Crippen LogP contribution is -2.43. The third-order valence-electron chi connectivity index (χ3n) is 3.33. The Morgan fingerprint density at radius 3 is 2.62 bits per heavy atom. The van der Waals surface area contributed by atoms with Gasteiger partial charge in [0.25, 0.3) is 0 Å². The van der Waals surface area contributed by atoms with Crippen LogP contribution in [-0.4, -0.2) is 47.0 Å². The first-order valence-corrected chi connectivity index (χ1v) is 8.64. The Balaban J connectivity index is 0.00000338. The standard InChI is InChI=1S/C18H28N6O.HI/c1-5-19-17(21-12-16(25)24-18(2,3)4)20-11-10-15-22-13-8-6-7-9-14(13)23-15;/h6-9H,5,10-12H2,1-4H3,(H,22,23)(H,24,25)(H2,19,20,21);1H. The van der Waals surface area contributed by atoms with Crippen LogP contribution < -0.4 is 16.0 Å². The van der Waals surface area contributed by atoms with Crippen LogP contribution in [0, 0.1) is 0 Å². The second-order valence-corrected chi connectivity index (χ2v) is 6.87. The molecule has 0 atom stereocenters. The van der Waals surface area contributed by atoms with E-state index in [1.54, 1.807) is 0 Å². The zero-order valence-electron chi connectivity index (χ0n) is 15.8. The molecule has 2 aromatic rings. The Labute approximate surface area is 171 Å². The number of rotatable bonds is 6. The van der Waals surface area contributed by atoms with Crippen LogP contribution in [0.15, 0.2) is 29.3 Å². The van der Waals surface area contributed by atoms with Crippen LogP contribution >= 0.6 is 24.0 Å². The van der Waals surface area contributed by atoms with Gasteiger partial charge in [-0.15, -0.1) is 24.0 Å². The van der Waals surface area contributed by atoms with E-state index in [-0.39, 0.29) is 42.0 Å². The smallest absolute Gasteiger partial charge is 0.242 e. The number of nitrogens with zero attached hydrogens (tertiary/aromatic N) is 2. The number of halogens is 1. The van der Waals surface area contributed by atoms with Gasteiger partial charge in [-0.2, -0.15) is 0 Å². The van der Waals surface area contributed by atoms with Gasteiger partial charge >= 0.3 is 0 Å². The highest BCUT2D eigenvalue weighted by atomic mass is 127. The molecule has 144 valence electrons. The van der Waals surface area contributed by atoms with E-state index in [9.17, 15) is 4.79 Å². The quantitative estimate of drug-likeness (QED) is 0.295. The van der Waals surface area contributed by atoms with E-state index in [2.05, 4.69) is 30.9 Å². The SMILES string of the molecule is CCNC(=NCC(=O)NC(C)(C)C)NCCc1nc2ccccc2[nH]1.I. The average molecular weight is 472 g/mol. The Morgan fingerprint density at radius 1 is 1.23 bits per heavy atom. The zero-order valence-corrected chi connectivity index (χ0v) is 18.2. The van der Waals surface area contributed by atoms with Crippen LogP contribution in [0.25, 0.3) is 11.0 Å². The molecule has 1 amide bonds. The molecule has 0 aliphatic heterocycles. The number of fused-ring (bicyclic) bond motifs is 1. The van der Waals surface area contributed by atoms with E-state index in [4.69, 9.17) is 0 Å². The maximum atomic E-state index is 11.9. The minimum Gasteiger partial charge on any atom is -0.357 e. The maximum Gasteiger partial charge on any atom is 0.242 e. The number of carbonyl (C=O) groups is 1. The van der Waals surface area contributed by atoms with Crippen LogP contribution in [-0.2, 0) is 11.2 Å². The monoisotopic (exact) mass is 472 g/mol. The van der Waals surface area contributed by atoms with Crippen molar-refractivity contribution in [2.75, 3.05) is 19.6 Å². The molecule has 7 nitrogen and oxygen atoms in total. The fourth-order valence-corrected chi connectivity index (χ4v) is 2.37. The number of hydrogen-bond acceptors (Lipinski definition) is 3. The highest BCUT2D eigenvalue weighted by Gasteiger charge is 2.13. The molecular weight excluding hydrogens is 443 g/mol. The van der Waals surface area contributed by atoms with Crippen LogP contribution in [0.2, 0.25) is 0 Å². The number of carbonyl (C=O) groups excluding carboxylic acids is 1. The van der Waals surface area contributed by atoms with E-state index < -0.39 is 0 Å². The summed E-state index contributed by atoms with van der Waals surface area (Å²) in [5, 5.41) is 9.27. The number of guanidine groups is 1. The van der Waals surface area contributed by atoms with Gasteiger partial charge in [0.1, 0.15) is 12.4 Å². The molecule has 0 saturated heterocycles. The highest BCUT2D eigenvalue weighted by molar-refractivity contribution is 14.0. The number of aliphatic imine (C=N–C) groups is 1. The molecule has 1 aromatic heterocycles. The molecule has 0 radical (unpaired) electrons. The second-order valence-electron chi connectivity index (χ2n) is 6.87. The van der Waals surface area contributed by atoms with Gasteiger partial charge in [-0.25, -0.2) is 9.98 Å². The van der Waals surface area contributed by atoms with Gasteiger partial charge in [-0.1, -0.05) is 12.1 Å². The van der Waals surface area contributed by atoms with Crippen molar-refractivity contribution in [1.82, 2.24) is 25.9 Å². The summed E-state index contributed by atoms with van der Waals surface area (Å²) in [4.78, 5) is 24.0. The molecule has 0 bridgehead atoms. The van der Waals surface area contributed by atoms with Gasteiger partial charge < -0.3 is 20.9 Å². The molecule has 0 fully saturated rings. The van der Waals surface area contributed by atoms with E-state index in [1.807, 2.05) is 52.0 Å². The highest BCUT2D eigenvalue weighted by Crippen LogP contribution is 2.10. The molecule has 2 rings (SSSR count). The molecule has 0 aliphatic rings. The van der Waals surface area contributed by atoms with Crippen molar-refractivity contribution < 1.29 is 4.79 Å². The third-order valence-corrected chi connectivity index (χ3v) is 3.33. The largest absolute Gasteiger partial charge is 0.357 e. The Kier molecular flexibility index (Phi) is 8.83. The summed E-state index contributed by atoms with van der Waals surface area (Å²) in [5.41, 5.74) is 1.76. The van der Waals surface area contributed by atoms with Crippen LogP contribution in [0.3, 0.4) is 0 Å². The van der Waals surface area contributed by atoms with E-state index in [0.717, 1.165) is 29.8 Å². The predicted octanol–water partition coefficient (Wildman–Crippen LogP) is 2.19. The fourth-order valence-electron chi connectivity index (χ4n) is 2.37. The first kappa shape index (κ1) is 22.2. The minimum absolute atomic E-state index is 0. The summed E-state index contributed by atoms with van der Waals surface area (Å²) in [7, 11) is 0. The number of aromatic nitrogens is 2. The van der Waals surface area contributed by atoms with Crippen LogP contribution in [0.1, 0.15) is 33.5 Å². The Morgan fingerprint density at radius 2 is 1.96 bits per heavy atom. The van der Waals surface area contributed by atoms with Crippen LogP contribution in [0.5, 0.6) is 0 Å². The number of H-pyrrole nitrogens is 1. The Bertz CT molecular complexity index is 702. The molecule has 0 saturated carbocycles. The number of amides is 1. The number of hydrogen-bond donors (Lipinski definition) is 4. The molecule has 0 aliphatic carbocycles. The van der Waals surface area contributed by atoms with Gasteiger partial charge in [0.2, 0.25) is 5.91 Å². The fraction of sp³-hybridized carbons (Fsp3) is 0.500. The first-order valence-electron chi connectivity index (χ1n) is 8.64. The summed E-state index contributed by atoms with van der Waals surface area (Å²) in [6.45, 7) is 9.34. The Hall–Kier alpha value is -1.84. The molecular formula is C18H29IN6O. The van der Waals surface area contributed by atoms with E-state index >= 15 is 0 Å². The number of aromatic amines is 1. The molecule has 1 aromatic carbocycles. The van der Waals surface area contributed by atoms with Gasteiger partial charge in [0.05, 0.1) is 11.0 Å². The van der Waals surface area contributed by atoms with Crippen molar-refractivity contribution in [2.24, 2.45) is 4.99 Å². The molecule has 0 spiro atoms. The van der Waals surface area contributed by atoms with Crippen molar-refractivity contribution in [1.29, 1.82) is 0 Å². The van der Waals surface area contributed by atoms with Crippen molar-refractivity contribution in [3.63, 3.8) is 0 Å². The number of para-hydroxylation sites is 2. The molecule has 1 heterocycles. The lowest BCUT2D eigenvalue weighted by atomic mass is 10.1. The normalized spacial score (nSPS) is 11.8. The minimum atomic E-state index is -0.250. The lowest BCUT2D eigenvalue weighted by Gasteiger charge is -2.20. The summed E-state index contributed by atoms with van der Waals surface area (Å²) >= 11 is 0. The molecule has 0 unspecified atom stereocenters. The molecule has 8 heteroatoms. The van der Waals surface area contributed by atoms with Gasteiger partial charge in [-0.05, 0) is 39.8 Å². The second kappa shape index (κ2) is 10.3. The summed E-state index contributed by atoms with van der Waals surface area (Å²) in [6, 6.07) is 7.96. The van der Waals surface area contributed by atoms with Gasteiger partial charge in [-0.3, -0.25) is 4.79 Å². The van der Waals surface area contributed by atoms with E-state index in [0.29, 0.717) is 12.5 Å². The van der Waals surface area contributed by atoms with Crippen molar-refractivity contribution >= 4 is 46.9 Å². The topological polar surface area (TPSA) is 94.2 Å². The van der Waals surface area contributed by atoms with Crippen molar-refractivity contribution in [3.05, 3.63) is 30.1 Å². The predicted molar refractivity (Wildman–Crippen MR) is 117 cm³/mol. The third kappa shape index (κ3) is 7.59. The summed E-state index contributed by atoms with van der Waals surface area (Å²) < 4.78 is 0. The summed E-state index contributed by atoms with van der Waals surface area (Å²) in [6.07, 6.45) is 0.743. The van der Waals surface area contributed by atoms with Gasteiger partial charge in [0, 0.05) is 25.0 Å². The number of benzene rings is 1. The van der Waals surface area contributed by atoms with Crippen molar-refractivity contribution in [2.45, 2.75) is 39.7 Å². The lowest BCUT2D eigenvalue weighted by molar-refractivity contribution is -0.121. The summed E-state index contributed by atoms with van der Waals surface area (Å²) in [5.74, 6) is 1.46. The average Bonchev–Trinajstić information content (AvgIpc) is 2.93. The molecule has 26 heavy (non-hydrogen) atoms. The van der Waals surface area contributed by atoms with Crippen molar-refractivity contribution in [3.8, 4) is 0 Å². The van der Waals surface area contributed by atoms with E-state index in [1.165, 1.54) is 0 Å². The number of imidazole rings is 1. The zero-order chi connectivity index (χ0) is 18.3. The first-order chi connectivity index (χ1) is 11.9. The van der Waals surface area contributed by atoms with Gasteiger partial charge in [0.15, 0.2) is 5.96 Å². The van der Waals surface area contributed by atoms with Crippen LogP contribution in [0.4, 0.5) is 0 Å². The number of nitrogens with one attached hydrogen (secondary N) is 4. The molecule has 4 N–H and O–H groups in total. The maximum absolute atomic E-state index is 11.9.